The minimum atomic E-state index is -0.882. The van der Waals surface area contributed by atoms with Crippen LogP contribution in [0.2, 0.25) is 0 Å². The van der Waals surface area contributed by atoms with Crippen molar-refractivity contribution in [3.05, 3.63) is 30.2 Å². The number of H-pyrrole nitrogens is 1. The molecule has 0 bridgehead atoms. The lowest BCUT2D eigenvalue weighted by molar-refractivity contribution is -0.134. The maximum Gasteiger partial charge on any atom is 0.227 e. The van der Waals surface area contributed by atoms with Gasteiger partial charge in [0.15, 0.2) is 11.5 Å². The molecule has 9 heteroatoms. The summed E-state index contributed by atoms with van der Waals surface area (Å²) >= 11 is 0. The third kappa shape index (κ3) is 3.69. The van der Waals surface area contributed by atoms with E-state index < -0.39 is 6.17 Å². The van der Waals surface area contributed by atoms with Crippen LogP contribution in [0.15, 0.2) is 24.4 Å². The second-order valence-corrected chi connectivity index (χ2v) is 9.15. The minimum Gasteiger partial charge on any atom is -0.356 e. The Morgan fingerprint density at radius 2 is 1.94 bits per heavy atom. The number of piperidine rings is 1. The number of pyridine rings is 1. The number of nitrogens with zero attached hydrogens (tertiary/aromatic N) is 6. The number of carbonyl (C=O) groups is 1. The Balaban J connectivity index is 1.22. The van der Waals surface area contributed by atoms with Crippen molar-refractivity contribution in [1.82, 2.24) is 29.8 Å². The fraction of sp³-hybridized carbons (Fsp3) is 0.522. The lowest BCUT2D eigenvalue weighted by Crippen LogP contribution is -2.44. The summed E-state index contributed by atoms with van der Waals surface area (Å²) in [4.78, 5) is 38.5. The van der Waals surface area contributed by atoms with Crippen LogP contribution in [0, 0.1) is 5.92 Å². The van der Waals surface area contributed by atoms with Crippen LogP contribution in [0.3, 0.4) is 0 Å². The van der Waals surface area contributed by atoms with Gasteiger partial charge in [-0.2, -0.15) is 0 Å². The zero-order valence-corrected chi connectivity index (χ0v) is 17.9. The topological polar surface area (TPSA) is 90.9 Å². The zero-order valence-electron chi connectivity index (χ0n) is 17.9. The van der Waals surface area contributed by atoms with Crippen LogP contribution in [0.1, 0.15) is 43.8 Å². The highest BCUT2D eigenvalue weighted by atomic mass is 19.1. The molecular formula is C23H26FN7O. The van der Waals surface area contributed by atoms with Crippen LogP contribution in [0.5, 0.6) is 0 Å². The molecule has 1 N–H and O–H groups in total. The monoisotopic (exact) mass is 435 g/mol. The number of likely N-dealkylation sites (tertiary alicyclic amines) is 1. The zero-order chi connectivity index (χ0) is 21.7. The van der Waals surface area contributed by atoms with Gasteiger partial charge in [-0.05, 0) is 50.3 Å². The van der Waals surface area contributed by atoms with E-state index >= 15 is 0 Å². The van der Waals surface area contributed by atoms with Gasteiger partial charge in [-0.15, -0.1) is 0 Å². The molecule has 3 fully saturated rings. The third-order valence-corrected chi connectivity index (χ3v) is 6.72. The Morgan fingerprint density at radius 1 is 1.03 bits per heavy atom. The number of alkyl halides is 1. The molecule has 1 amide bonds. The van der Waals surface area contributed by atoms with Crippen molar-refractivity contribution >= 4 is 22.9 Å². The average molecular weight is 436 g/mol. The van der Waals surface area contributed by atoms with Crippen molar-refractivity contribution < 1.29 is 9.18 Å². The number of fused-ring (bicyclic) bond motifs is 1. The molecule has 0 spiro atoms. The molecule has 32 heavy (non-hydrogen) atoms. The number of anilines is 1. The molecule has 1 aliphatic carbocycles. The molecule has 2 saturated heterocycles. The second kappa shape index (κ2) is 7.79. The number of aromatic nitrogens is 5. The Hall–Kier alpha value is -3.10. The van der Waals surface area contributed by atoms with Crippen LogP contribution in [0.4, 0.5) is 10.2 Å². The largest absolute Gasteiger partial charge is 0.356 e. The quantitative estimate of drug-likeness (QED) is 0.677. The number of rotatable bonds is 4. The molecule has 0 radical (unpaired) electrons. The van der Waals surface area contributed by atoms with Crippen LogP contribution in [-0.4, -0.2) is 68.1 Å². The molecule has 6 rings (SSSR count). The first-order valence-electron chi connectivity index (χ1n) is 11.5. The van der Waals surface area contributed by atoms with Gasteiger partial charge >= 0.3 is 0 Å². The molecule has 2 atom stereocenters. The first kappa shape index (κ1) is 19.6. The van der Waals surface area contributed by atoms with E-state index in [1.54, 1.807) is 11.1 Å². The number of hydrogen-bond acceptors (Lipinski definition) is 6. The molecule has 8 nitrogen and oxygen atoms in total. The summed E-state index contributed by atoms with van der Waals surface area (Å²) in [7, 11) is 0. The molecule has 5 heterocycles. The fourth-order valence-electron chi connectivity index (χ4n) is 4.79. The van der Waals surface area contributed by atoms with Crippen molar-refractivity contribution in [2.75, 3.05) is 31.1 Å². The first-order chi connectivity index (χ1) is 15.6. The fourth-order valence-corrected chi connectivity index (χ4v) is 4.79. The van der Waals surface area contributed by atoms with Crippen LogP contribution >= 0.6 is 0 Å². The maximum absolute atomic E-state index is 13.5. The predicted molar refractivity (Wildman–Crippen MR) is 118 cm³/mol. The van der Waals surface area contributed by atoms with Gasteiger partial charge in [-0.25, -0.2) is 24.3 Å². The molecule has 3 aromatic heterocycles. The molecular weight excluding hydrogens is 409 g/mol. The van der Waals surface area contributed by atoms with E-state index in [9.17, 15) is 9.18 Å². The second-order valence-electron chi connectivity index (χ2n) is 9.15. The normalized spacial score (nSPS) is 23.8. The van der Waals surface area contributed by atoms with Gasteiger partial charge in [-0.3, -0.25) is 4.79 Å². The SMILES string of the molecule is O=C([C@@H]1CCCN(c2ccc3nc(-c4ccnc(C5CC5)n4)[nH]c3n2)C1)N1CC[C@H](F)C1. The number of amides is 1. The molecule has 0 aromatic carbocycles. The first-order valence-corrected chi connectivity index (χ1v) is 11.5. The molecule has 0 unspecified atom stereocenters. The summed E-state index contributed by atoms with van der Waals surface area (Å²) in [6, 6.07) is 5.79. The van der Waals surface area contributed by atoms with E-state index in [-0.39, 0.29) is 18.4 Å². The minimum absolute atomic E-state index is 0.0787. The molecule has 166 valence electrons. The Morgan fingerprint density at radius 3 is 2.75 bits per heavy atom. The lowest BCUT2D eigenvalue weighted by atomic mass is 9.96. The molecule has 3 aromatic rings. The highest BCUT2D eigenvalue weighted by molar-refractivity contribution is 5.80. The molecule has 1 saturated carbocycles. The summed E-state index contributed by atoms with van der Waals surface area (Å²) in [5.74, 6) is 2.86. The summed E-state index contributed by atoms with van der Waals surface area (Å²) < 4.78 is 13.5. The van der Waals surface area contributed by atoms with Gasteiger partial charge in [0.25, 0.3) is 0 Å². The van der Waals surface area contributed by atoms with E-state index in [1.807, 2.05) is 18.2 Å². The maximum atomic E-state index is 13.5. The lowest BCUT2D eigenvalue weighted by Gasteiger charge is -2.34. The van der Waals surface area contributed by atoms with Gasteiger partial charge in [0, 0.05) is 31.7 Å². The number of halogens is 1. The van der Waals surface area contributed by atoms with E-state index in [1.165, 1.54) is 0 Å². The van der Waals surface area contributed by atoms with E-state index in [0.717, 1.165) is 55.1 Å². The van der Waals surface area contributed by atoms with Crippen LogP contribution < -0.4 is 4.90 Å². The van der Waals surface area contributed by atoms with Gasteiger partial charge < -0.3 is 14.8 Å². The third-order valence-electron chi connectivity index (χ3n) is 6.72. The van der Waals surface area contributed by atoms with Crippen molar-refractivity contribution in [2.24, 2.45) is 5.92 Å². The van der Waals surface area contributed by atoms with E-state index in [0.29, 0.717) is 36.9 Å². The average Bonchev–Trinajstić information content (AvgIpc) is 3.45. The number of aromatic amines is 1. The van der Waals surface area contributed by atoms with Crippen molar-refractivity contribution in [3.8, 4) is 11.5 Å². The smallest absolute Gasteiger partial charge is 0.227 e. The standard InChI is InChI=1S/C23H26FN7O/c24-16-8-11-31(13-16)23(32)15-2-1-10-30(12-15)19-6-5-17-22(28-19)29-21(27-17)18-7-9-25-20(26-18)14-3-4-14/h5-7,9,14-16H,1-4,8,10-13H2,(H,27,28,29)/t15-,16+/m1/s1. The highest BCUT2D eigenvalue weighted by Crippen LogP contribution is 2.38. The van der Waals surface area contributed by atoms with Gasteiger partial charge in [0.1, 0.15) is 29.0 Å². The van der Waals surface area contributed by atoms with Crippen LogP contribution in [-0.2, 0) is 4.79 Å². The highest BCUT2D eigenvalue weighted by Gasteiger charge is 2.34. The Bertz CT molecular complexity index is 1160. The summed E-state index contributed by atoms with van der Waals surface area (Å²) in [5.41, 5.74) is 2.27. The van der Waals surface area contributed by atoms with E-state index in [2.05, 4.69) is 24.8 Å². The predicted octanol–water partition coefficient (Wildman–Crippen LogP) is 3.08. The Labute approximate surface area is 185 Å². The van der Waals surface area contributed by atoms with Gasteiger partial charge in [0.2, 0.25) is 5.91 Å². The van der Waals surface area contributed by atoms with Crippen LogP contribution in [0.25, 0.3) is 22.7 Å². The van der Waals surface area contributed by atoms with Crippen molar-refractivity contribution in [1.29, 1.82) is 0 Å². The molecule has 2 aliphatic heterocycles. The van der Waals surface area contributed by atoms with Gasteiger partial charge in [0.05, 0.1) is 12.5 Å². The number of imidazole rings is 1. The van der Waals surface area contributed by atoms with Crippen molar-refractivity contribution in [3.63, 3.8) is 0 Å². The Kier molecular flexibility index (Phi) is 4.77. The summed E-state index contributed by atoms with van der Waals surface area (Å²) in [5, 5.41) is 0. The molecule has 3 aliphatic rings. The van der Waals surface area contributed by atoms with Crippen molar-refractivity contribution in [2.45, 2.75) is 44.2 Å². The number of carbonyl (C=O) groups excluding carboxylic acids is 1. The summed E-state index contributed by atoms with van der Waals surface area (Å²) in [6.45, 7) is 2.24. The van der Waals surface area contributed by atoms with E-state index in [4.69, 9.17) is 4.98 Å². The number of nitrogens with one attached hydrogen (secondary N) is 1. The number of hydrogen-bond donors (Lipinski definition) is 1. The summed E-state index contributed by atoms with van der Waals surface area (Å²) in [6.07, 6.45) is 5.43. The van der Waals surface area contributed by atoms with Gasteiger partial charge in [-0.1, -0.05) is 0 Å².